The molecular weight excluding hydrogens is 360 g/mol. The summed E-state index contributed by atoms with van der Waals surface area (Å²) in [5.41, 5.74) is 12.7. The lowest BCUT2D eigenvalue weighted by Gasteiger charge is -2.26. The number of hydrogen-bond donors (Lipinski definition) is 4. The summed E-state index contributed by atoms with van der Waals surface area (Å²) in [4.78, 5) is 44.8. The van der Waals surface area contributed by atoms with E-state index < -0.39 is 32.2 Å². The Labute approximate surface area is 160 Å². The predicted octanol–water partition coefficient (Wildman–Crippen LogP) is 1.10. The molecule has 0 aromatic heterocycles. The largest absolute Gasteiger partial charge is 0.411 e. The molecule has 0 unspecified atom stereocenters. The molecule has 0 heterocycles. The minimum absolute atomic E-state index is 0.129. The summed E-state index contributed by atoms with van der Waals surface area (Å²) in [7, 11) is -3.86. The molecule has 0 aliphatic carbocycles. The molecule has 0 saturated carbocycles. The first-order valence-corrected chi connectivity index (χ1v) is 11.2. The van der Waals surface area contributed by atoms with Crippen molar-refractivity contribution in [3.63, 3.8) is 0 Å². The van der Waals surface area contributed by atoms with Crippen LogP contribution in [-0.4, -0.2) is 30.0 Å². The molecule has 0 saturated heterocycles. The first kappa shape index (κ1) is 20.8. The highest BCUT2D eigenvalue weighted by molar-refractivity contribution is 6.65. The molecule has 2 amide bonds. The molecule has 0 aliphatic rings. The van der Waals surface area contributed by atoms with E-state index in [1.54, 1.807) is 0 Å². The summed E-state index contributed by atoms with van der Waals surface area (Å²) >= 11 is 0. The summed E-state index contributed by atoms with van der Waals surface area (Å²) in [6.45, 7) is 0. The van der Waals surface area contributed by atoms with Crippen LogP contribution in [0.4, 0.5) is 0 Å². The van der Waals surface area contributed by atoms with Crippen LogP contribution in [0.1, 0.15) is 11.1 Å². The van der Waals surface area contributed by atoms with Crippen LogP contribution in [0, 0.1) is 11.8 Å². The van der Waals surface area contributed by atoms with Crippen LogP contribution in [0.3, 0.4) is 0 Å². The van der Waals surface area contributed by atoms with E-state index in [1.807, 2.05) is 60.7 Å². The van der Waals surface area contributed by atoms with Gasteiger partial charge in [-0.05, 0) is 24.0 Å². The third-order valence-corrected chi connectivity index (χ3v) is 6.89. The van der Waals surface area contributed by atoms with Crippen molar-refractivity contribution in [2.75, 3.05) is 0 Å². The smallest absolute Gasteiger partial charge is 0.334 e. The van der Waals surface area contributed by atoms with Gasteiger partial charge in [-0.1, -0.05) is 60.7 Å². The van der Waals surface area contributed by atoms with Crippen molar-refractivity contribution in [2.24, 2.45) is 23.3 Å². The average Bonchev–Trinajstić information content (AvgIpc) is 2.62. The summed E-state index contributed by atoms with van der Waals surface area (Å²) < 4.78 is 0. The Kier molecular flexibility index (Phi) is 7.29. The Morgan fingerprint density at radius 2 is 1.07 bits per heavy atom. The Balaban J connectivity index is 2.06. The molecule has 27 heavy (non-hydrogen) atoms. The van der Waals surface area contributed by atoms with Gasteiger partial charge in [-0.2, -0.15) is 0 Å². The highest BCUT2D eigenvalue weighted by Gasteiger charge is 2.39. The second-order valence-corrected chi connectivity index (χ2v) is 9.75. The number of benzene rings is 2. The zero-order valence-corrected chi connectivity index (χ0v) is 16.1. The van der Waals surface area contributed by atoms with Crippen LogP contribution in [0.25, 0.3) is 0 Å². The zero-order valence-electron chi connectivity index (χ0n) is 15.1. The van der Waals surface area contributed by atoms with E-state index >= 15 is 0 Å². The first-order valence-electron chi connectivity index (χ1n) is 8.88. The maximum absolute atomic E-state index is 11.8. The number of rotatable bonds is 10. The zero-order chi connectivity index (χ0) is 19.9. The number of carbonyl (C=O) groups excluding carboxylic acids is 2. The SMILES string of the molecule is NC(=O)[C@H](Cc1ccccc1)C[Si](O)(O)C[C@@H](Cc1ccccc1)C(N)=O. The maximum Gasteiger partial charge on any atom is 0.334 e. The highest BCUT2D eigenvalue weighted by atomic mass is 28.4. The molecule has 0 radical (unpaired) electrons. The second kappa shape index (κ2) is 9.45. The maximum atomic E-state index is 11.8. The predicted molar refractivity (Wildman–Crippen MR) is 105 cm³/mol. The molecule has 2 aromatic carbocycles. The van der Waals surface area contributed by atoms with Crippen LogP contribution in [-0.2, 0) is 22.4 Å². The molecule has 0 spiro atoms. The van der Waals surface area contributed by atoms with Crippen molar-refractivity contribution >= 4 is 20.4 Å². The van der Waals surface area contributed by atoms with Crippen LogP contribution in [0.2, 0.25) is 12.1 Å². The molecule has 2 rings (SSSR count). The van der Waals surface area contributed by atoms with Crippen molar-refractivity contribution < 1.29 is 19.2 Å². The van der Waals surface area contributed by atoms with E-state index in [2.05, 4.69) is 0 Å². The lowest BCUT2D eigenvalue weighted by Crippen LogP contribution is -2.44. The van der Waals surface area contributed by atoms with Crippen molar-refractivity contribution in [2.45, 2.75) is 24.9 Å². The van der Waals surface area contributed by atoms with E-state index in [-0.39, 0.29) is 12.1 Å². The van der Waals surface area contributed by atoms with Gasteiger partial charge in [-0.15, -0.1) is 0 Å². The van der Waals surface area contributed by atoms with Gasteiger partial charge in [0.15, 0.2) is 0 Å². The monoisotopic (exact) mass is 386 g/mol. The summed E-state index contributed by atoms with van der Waals surface area (Å²) in [5.74, 6) is -2.59. The molecular formula is C20H26N2O4Si. The Morgan fingerprint density at radius 3 is 1.37 bits per heavy atom. The molecule has 6 nitrogen and oxygen atoms in total. The number of carbonyl (C=O) groups is 2. The van der Waals surface area contributed by atoms with Crippen molar-refractivity contribution in [1.29, 1.82) is 0 Å². The Hall–Kier alpha value is -2.48. The molecule has 7 heteroatoms. The number of hydrogen-bond acceptors (Lipinski definition) is 4. The van der Waals surface area contributed by atoms with Crippen LogP contribution < -0.4 is 11.5 Å². The molecule has 0 bridgehead atoms. The third-order valence-electron chi connectivity index (χ3n) is 4.60. The Bertz CT molecular complexity index is 690. The first-order chi connectivity index (χ1) is 12.8. The summed E-state index contributed by atoms with van der Waals surface area (Å²) in [6.07, 6.45) is 0.651. The molecule has 6 N–H and O–H groups in total. The lowest BCUT2D eigenvalue weighted by molar-refractivity contribution is -0.121. The fraction of sp³-hybridized carbons (Fsp3) is 0.300. The van der Waals surface area contributed by atoms with Crippen molar-refractivity contribution in [3.05, 3.63) is 71.8 Å². The molecule has 0 aliphatic heterocycles. The van der Waals surface area contributed by atoms with Gasteiger partial charge in [0.2, 0.25) is 11.8 Å². The molecule has 2 atom stereocenters. The number of amides is 2. The van der Waals surface area contributed by atoms with Crippen molar-refractivity contribution in [3.8, 4) is 0 Å². The van der Waals surface area contributed by atoms with Crippen LogP contribution in [0.15, 0.2) is 60.7 Å². The standard InChI is InChI=1S/C20H26N2O4Si/c21-19(23)17(11-15-7-3-1-4-8-15)13-27(25,26)14-18(20(22)24)12-16-9-5-2-6-10-16/h1-10,17-18,25-26H,11-14H2,(H2,21,23)(H2,22,24)/t17-,18-/m1/s1. The van der Waals surface area contributed by atoms with E-state index in [9.17, 15) is 19.2 Å². The fourth-order valence-electron chi connectivity index (χ4n) is 3.22. The van der Waals surface area contributed by atoms with Gasteiger partial charge in [0.1, 0.15) is 0 Å². The second-order valence-electron chi connectivity index (χ2n) is 6.97. The van der Waals surface area contributed by atoms with Gasteiger partial charge < -0.3 is 21.1 Å². The van der Waals surface area contributed by atoms with Gasteiger partial charge >= 0.3 is 8.56 Å². The minimum atomic E-state index is -3.86. The van der Waals surface area contributed by atoms with E-state index in [4.69, 9.17) is 11.5 Å². The van der Waals surface area contributed by atoms with Gasteiger partial charge in [0.05, 0.1) is 0 Å². The summed E-state index contributed by atoms with van der Waals surface area (Å²) in [5, 5.41) is 0. The van der Waals surface area contributed by atoms with E-state index in [0.29, 0.717) is 12.8 Å². The molecule has 0 fully saturated rings. The van der Waals surface area contributed by atoms with Gasteiger partial charge in [-0.3, -0.25) is 9.59 Å². The topological polar surface area (TPSA) is 127 Å². The quantitative estimate of drug-likeness (QED) is 0.456. The normalized spacial score (nSPS) is 13.7. The van der Waals surface area contributed by atoms with E-state index in [1.165, 1.54) is 0 Å². The van der Waals surface area contributed by atoms with Crippen LogP contribution in [0.5, 0.6) is 0 Å². The van der Waals surface area contributed by atoms with Gasteiger partial charge in [0.25, 0.3) is 0 Å². The number of primary amides is 2. The third kappa shape index (κ3) is 6.97. The Morgan fingerprint density at radius 1 is 0.741 bits per heavy atom. The lowest BCUT2D eigenvalue weighted by atomic mass is 10.0. The molecule has 2 aromatic rings. The average molecular weight is 387 g/mol. The van der Waals surface area contributed by atoms with E-state index in [0.717, 1.165) is 11.1 Å². The minimum Gasteiger partial charge on any atom is -0.411 e. The van der Waals surface area contributed by atoms with Crippen LogP contribution >= 0.6 is 0 Å². The summed E-state index contributed by atoms with van der Waals surface area (Å²) in [6, 6.07) is 18.3. The molecule has 144 valence electrons. The highest BCUT2D eigenvalue weighted by Crippen LogP contribution is 2.25. The van der Waals surface area contributed by atoms with Crippen molar-refractivity contribution in [1.82, 2.24) is 0 Å². The van der Waals surface area contributed by atoms with Gasteiger partial charge in [-0.25, -0.2) is 0 Å². The fourth-order valence-corrected chi connectivity index (χ4v) is 5.65. The van der Waals surface area contributed by atoms with Gasteiger partial charge in [0, 0.05) is 23.9 Å². The number of nitrogens with two attached hydrogens (primary N) is 2.